The van der Waals surface area contributed by atoms with Crippen LogP contribution in [0.25, 0.3) is 0 Å². The SMILES string of the molecule is CCOC(Cc1ccc2c(c1)CC[C@H](Cc1ccccc1)O2)C(=O)O. The summed E-state index contributed by atoms with van der Waals surface area (Å²) < 4.78 is 11.4. The van der Waals surface area contributed by atoms with Gasteiger partial charge in [-0.15, -0.1) is 0 Å². The minimum absolute atomic E-state index is 0.191. The van der Waals surface area contributed by atoms with Gasteiger partial charge in [0, 0.05) is 19.4 Å². The lowest BCUT2D eigenvalue weighted by molar-refractivity contribution is -0.149. The number of carbonyl (C=O) groups is 1. The third-order valence-corrected chi connectivity index (χ3v) is 4.52. The number of hydrogen-bond acceptors (Lipinski definition) is 3. The fourth-order valence-electron chi connectivity index (χ4n) is 3.28. The van der Waals surface area contributed by atoms with Gasteiger partial charge in [0.2, 0.25) is 0 Å². The van der Waals surface area contributed by atoms with E-state index in [2.05, 4.69) is 30.3 Å². The predicted molar refractivity (Wildman–Crippen MR) is 96.1 cm³/mol. The van der Waals surface area contributed by atoms with E-state index in [0.717, 1.165) is 36.1 Å². The van der Waals surface area contributed by atoms with E-state index in [1.54, 1.807) is 0 Å². The lowest BCUT2D eigenvalue weighted by atomic mass is 9.95. The molecule has 2 aromatic carbocycles. The monoisotopic (exact) mass is 340 g/mol. The first-order valence-electron chi connectivity index (χ1n) is 8.82. The first-order chi connectivity index (χ1) is 12.2. The number of rotatable bonds is 7. The molecule has 1 aliphatic rings. The second-order valence-corrected chi connectivity index (χ2v) is 6.40. The highest BCUT2D eigenvalue weighted by Crippen LogP contribution is 2.30. The van der Waals surface area contributed by atoms with Crippen LogP contribution in [0.2, 0.25) is 0 Å². The van der Waals surface area contributed by atoms with E-state index in [0.29, 0.717) is 13.0 Å². The highest BCUT2D eigenvalue weighted by Gasteiger charge is 2.22. The van der Waals surface area contributed by atoms with Crippen molar-refractivity contribution < 1.29 is 19.4 Å². The zero-order valence-corrected chi connectivity index (χ0v) is 14.5. The Labute approximate surface area is 148 Å². The van der Waals surface area contributed by atoms with Crippen molar-refractivity contribution in [2.75, 3.05) is 6.61 Å². The third-order valence-electron chi connectivity index (χ3n) is 4.52. The Morgan fingerprint density at radius 3 is 2.76 bits per heavy atom. The van der Waals surface area contributed by atoms with E-state index in [-0.39, 0.29) is 6.10 Å². The molecule has 0 aliphatic carbocycles. The highest BCUT2D eigenvalue weighted by atomic mass is 16.5. The Morgan fingerprint density at radius 1 is 1.24 bits per heavy atom. The number of benzene rings is 2. The molecule has 0 aromatic heterocycles. The largest absolute Gasteiger partial charge is 0.490 e. The maximum Gasteiger partial charge on any atom is 0.333 e. The van der Waals surface area contributed by atoms with Crippen molar-refractivity contribution in [1.29, 1.82) is 0 Å². The van der Waals surface area contributed by atoms with Gasteiger partial charge in [-0.05, 0) is 42.5 Å². The van der Waals surface area contributed by atoms with Crippen molar-refractivity contribution in [3.8, 4) is 5.75 Å². The van der Waals surface area contributed by atoms with E-state index in [9.17, 15) is 9.90 Å². The molecule has 1 unspecified atom stereocenters. The Morgan fingerprint density at radius 2 is 2.04 bits per heavy atom. The fraction of sp³-hybridized carbons (Fsp3) is 0.381. The molecule has 1 heterocycles. The van der Waals surface area contributed by atoms with Gasteiger partial charge in [-0.3, -0.25) is 0 Å². The first-order valence-corrected chi connectivity index (χ1v) is 8.82. The molecule has 3 rings (SSSR count). The molecule has 0 bridgehead atoms. The van der Waals surface area contributed by atoms with Crippen LogP contribution in [0.5, 0.6) is 5.75 Å². The summed E-state index contributed by atoms with van der Waals surface area (Å²) in [5.74, 6) is -0.00189. The molecule has 0 amide bonds. The van der Waals surface area contributed by atoms with Crippen LogP contribution in [0, 0.1) is 0 Å². The van der Waals surface area contributed by atoms with Crippen molar-refractivity contribution in [2.24, 2.45) is 0 Å². The molecule has 1 N–H and O–H groups in total. The number of carboxylic acid groups (broad SMARTS) is 1. The zero-order chi connectivity index (χ0) is 17.6. The number of aliphatic carboxylic acids is 1. The average molecular weight is 340 g/mol. The molecule has 25 heavy (non-hydrogen) atoms. The van der Waals surface area contributed by atoms with Crippen LogP contribution in [0.3, 0.4) is 0 Å². The highest BCUT2D eigenvalue weighted by molar-refractivity contribution is 5.72. The molecule has 132 valence electrons. The topological polar surface area (TPSA) is 55.8 Å². The molecule has 2 atom stereocenters. The van der Waals surface area contributed by atoms with Crippen LogP contribution in [-0.2, 0) is 28.8 Å². The maximum atomic E-state index is 11.2. The minimum atomic E-state index is -0.918. The molecule has 4 heteroatoms. The van der Waals surface area contributed by atoms with Crippen molar-refractivity contribution in [3.63, 3.8) is 0 Å². The predicted octanol–water partition coefficient (Wildman–Crippen LogP) is 3.66. The van der Waals surface area contributed by atoms with Crippen molar-refractivity contribution in [2.45, 2.75) is 44.8 Å². The summed E-state index contributed by atoms with van der Waals surface area (Å²) in [7, 11) is 0. The summed E-state index contributed by atoms with van der Waals surface area (Å²) in [5, 5.41) is 9.23. The van der Waals surface area contributed by atoms with E-state index >= 15 is 0 Å². The van der Waals surface area contributed by atoms with Crippen LogP contribution >= 0.6 is 0 Å². The molecule has 0 radical (unpaired) electrons. The standard InChI is InChI=1S/C21H24O4/c1-2-24-20(21(22)23)14-16-8-11-19-17(12-16)9-10-18(25-19)13-15-6-4-3-5-7-15/h3-8,11-12,18,20H,2,9-10,13-14H2,1H3,(H,22,23)/t18-,20?/m1/s1. The number of ether oxygens (including phenoxy) is 2. The van der Waals surface area contributed by atoms with Gasteiger partial charge >= 0.3 is 5.97 Å². The normalized spacial score (nSPS) is 17.4. The molecule has 0 saturated heterocycles. The summed E-state index contributed by atoms with van der Waals surface area (Å²) in [6, 6.07) is 16.3. The van der Waals surface area contributed by atoms with E-state index in [1.807, 2.05) is 25.1 Å². The molecular weight excluding hydrogens is 316 g/mol. The Bertz CT molecular complexity index is 711. The second kappa shape index (κ2) is 8.17. The van der Waals surface area contributed by atoms with E-state index < -0.39 is 12.1 Å². The lowest BCUT2D eigenvalue weighted by Crippen LogP contribution is -2.27. The third kappa shape index (κ3) is 4.60. The van der Waals surface area contributed by atoms with Gasteiger partial charge in [0.15, 0.2) is 6.10 Å². The second-order valence-electron chi connectivity index (χ2n) is 6.40. The quantitative estimate of drug-likeness (QED) is 0.836. The van der Waals surface area contributed by atoms with Gasteiger partial charge in [0.25, 0.3) is 0 Å². The van der Waals surface area contributed by atoms with Gasteiger partial charge in [0.1, 0.15) is 11.9 Å². The molecule has 0 spiro atoms. The maximum absolute atomic E-state index is 11.2. The van der Waals surface area contributed by atoms with Crippen LogP contribution in [0.15, 0.2) is 48.5 Å². The summed E-state index contributed by atoms with van der Waals surface area (Å²) in [6.45, 7) is 2.20. The van der Waals surface area contributed by atoms with E-state index in [1.165, 1.54) is 5.56 Å². The smallest absolute Gasteiger partial charge is 0.333 e. The van der Waals surface area contributed by atoms with Gasteiger partial charge in [0.05, 0.1) is 0 Å². The molecule has 0 saturated carbocycles. The zero-order valence-electron chi connectivity index (χ0n) is 14.5. The molecule has 4 nitrogen and oxygen atoms in total. The fourth-order valence-corrected chi connectivity index (χ4v) is 3.28. The number of fused-ring (bicyclic) bond motifs is 1. The van der Waals surface area contributed by atoms with Gasteiger partial charge in [-0.25, -0.2) is 4.79 Å². The van der Waals surface area contributed by atoms with Crippen LogP contribution < -0.4 is 4.74 Å². The van der Waals surface area contributed by atoms with Crippen molar-refractivity contribution in [1.82, 2.24) is 0 Å². The molecular formula is C21H24O4. The van der Waals surface area contributed by atoms with Gasteiger partial charge < -0.3 is 14.6 Å². The molecule has 2 aromatic rings. The van der Waals surface area contributed by atoms with Crippen LogP contribution in [0.4, 0.5) is 0 Å². The number of aryl methyl sites for hydroxylation is 1. The summed E-state index contributed by atoms with van der Waals surface area (Å²) >= 11 is 0. The molecule has 0 fully saturated rings. The summed E-state index contributed by atoms with van der Waals surface area (Å²) in [4.78, 5) is 11.2. The number of hydrogen-bond donors (Lipinski definition) is 1. The lowest BCUT2D eigenvalue weighted by Gasteiger charge is -2.27. The van der Waals surface area contributed by atoms with E-state index in [4.69, 9.17) is 9.47 Å². The first kappa shape index (κ1) is 17.5. The minimum Gasteiger partial charge on any atom is -0.490 e. The summed E-state index contributed by atoms with van der Waals surface area (Å²) in [5.41, 5.74) is 3.42. The van der Waals surface area contributed by atoms with Crippen molar-refractivity contribution in [3.05, 3.63) is 65.2 Å². The summed E-state index contributed by atoms with van der Waals surface area (Å²) in [6.07, 6.45) is 2.61. The number of carboxylic acids is 1. The van der Waals surface area contributed by atoms with Gasteiger partial charge in [-0.2, -0.15) is 0 Å². The van der Waals surface area contributed by atoms with Crippen LogP contribution in [0.1, 0.15) is 30.0 Å². The molecule has 1 aliphatic heterocycles. The average Bonchev–Trinajstić information content (AvgIpc) is 2.62. The Hall–Kier alpha value is -2.33. The Balaban J connectivity index is 1.65. The van der Waals surface area contributed by atoms with Gasteiger partial charge in [-0.1, -0.05) is 42.5 Å². The Kier molecular flexibility index (Phi) is 5.71. The van der Waals surface area contributed by atoms with Crippen LogP contribution in [-0.4, -0.2) is 29.9 Å². The van der Waals surface area contributed by atoms with Crippen molar-refractivity contribution >= 4 is 5.97 Å².